The highest BCUT2D eigenvalue weighted by molar-refractivity contribution is 7.98. The Morgan fingerprint density at radius 3 is 2.71 bits per heavy atom. The van der Waals surface area contributed by atoms with Gasteiger partial charge in [-0.2, -0.15) is 0 Å². The van der Waals surface area contributed by atoms with Gasteiger partial charge in [-0.3, -0.25) is 4.79 Å². The molecule has 0 saturated carbocycles. The Bertz CT molecular complexity index is 1010. The number of Topliss-reactive ketones (excluding diaryl/α,β-unsaturated/α-hetero) is 1. The fourth-order valence-corrected chi connectivity index (χ4v) is 2.77. The minimum absolute atomic E-state index is 0.0699. The summed E-state index contributed by atoms with van der Waals surface area (Å²) in [5.74, 6) is -1.28. The number of oxime groups is 1. The number of thioether (sulfide) groups is 1. The van der Waals surface area contributed by atoms with E-state index < -0.39 is 11.6 Å². The van der Waals surface area contributed by atoms with Crippen molar-refractivity contribution in [3.05, 3.63) is 83.4 Å². The number of carbonyl (C=O) groups is 1. The van der Waals surface area contributed by atoms with Gasteiger partial charge in [0.15, 0.2) is 22.4 Å². The second-order valence-electron chi connectivity index (χ2n) is 5.63. The molecule has 1 aromatic heterocycles. The molecule has 0 spiro atoms. The number of nitrogens with zero attached hydrogens (tertiary/aromatic N) is 3. The van der Waals surface area contributed by atoms with Gasteiger partial charge in [0.2, 0.25) is 5.78 Å². The number of carbonyl (C=O) groups excluding carboxylic acids is 1. The fraction of sp³-hybridized carbons (Fsp3) is 0.100. The van der Waals surface area contributed by atoms with Crippen LogP contribution in [0.2, 0.25) is 0 Å². The average molecular weight is 397 g/mol. The van der Waals surface area contributed by atoms with Gasteiger partial charge in [0.05, 0.1) is 0 Å². The van der Waals surface area contributed by atoms with Crippen LogP contribution in [0.3, 0.4) is 0 Å². The number of benzene rings is 2. The first kappa shape index (κ1) is 19.5. The second kappa shape index (κ2) is 9.09. The van der Waals surface area contributed by atoms with E-state index >= 15 is 0 Å². The maximum Gasteiger partial charge on any atom is 0.217 e. The van der Waals surface area contributed by atoms with Gasteiger partial charge in [0.25, 0.3) is 0 Å². The van der Waals surface area contributed by atoms with Crippen molar-refractivity contribution in [1.29, 1.82) is 0 Å². The van der Waals surface area contributed by atoms with Crippen LogP contribution < -0.4 is 4.74 Å². The molecule has 0 amide bonds. The predicted molar refractivity (Wildman–Crippen MR) is 104 cm³/mol. The molecule has 6 nitrogen and oxygen atoms in total. The molecule has 0 fully saturated rings. The molecular weight excluding hydrogens is 381 g/mol. The highest BCUT2D eigenvalue weighted by Gasteiger charge is 2.21. The largest absolute Gasteiger partial charge is 0.486 e. The summed E-state index contributed by atoms with van der Waals surface area (Å²) < 4.78 is 19.6. The van der Waals surface area contributed by atoms with Gasteiger partial charge in [0, 0.05) is 11.8 Å². The number of halogens is 1. The summed E-state index contributed by atoms with van der Waals surface area (Å²) in [4.78, 5) is 21.0. The molecule has 28 heavy (non-hydrogen) atoms. The van der Waals surface area contributed by atoms with Gasteiger partial charge >= 0.3 is 0 Å². The number of rotatable bonds is 7. The monoisotopic (exact) mass is 397 g/mol. The van der Waals surface area contributed by atoms with E-state index in [9.17, 15) is 14.4 Å². The van der Waals surface area contributed by atoms with E-state index in [1.165, 1.54) is 36.2 Å². The van der Waals surface area contributed by atoms with Crippen LogP contribution in [0.15, 0.2) is 71.1 Å². The Morgan fingerprint density at radius 2 is 2.00 bits per heavy atom. The van der Waals surface area contributed by atoms with E-state index in [0.29, 0.717) is 5.16 Å². The Balaban J connectivity index is 1.84. The minimum Gasteiger partial charge on any atom is -0.486 e. The third-order valence-electron chi connectivity index (χ3n) is 3.80. The lowest BCUT2D eigenvalue weighted by Crippen LogP contribution is -2.18. The quantitative estimate of drug-likeness (QED) is 0.162. The molecule has 142 valence electrons. The van der Waals surface area contributed by atoms with E-state index in [1.54, 1.807) is 6.26 Å². The fourth-order valence-electron chi connectivity index (χ4n) is 2.41. The zero-order valence-corrected chi connectivity index (χ0v) is 15.7. The lowest BCUT2D eigenvalue weighted by molar-refractivity contribution is 0.106. The number of ketones is 1. The van der Waals surface area contributed by atoms with Gasteiger partial charge < -0.3 is 9.94 Å². The number of aromatic nitrogens is 2. The van der Waals surface area contributed by atoms with Crippen molar-refractivity contribution in [2.45, 2.75) is 11.8 Å². The maximum atomic E-state index is 14.1. The minimum atomic E-state index is -0.613. The van der Waals surface area contributed by atoms with E-state index in [0.717, 1.165) is 11.6 Å². The van der Waals surface area contributed by atoms with Crippen LogP contribution in [-0.2, 0) is 6.61 Å². The van der Waals surface area contributed by atoms with E-state index in [2.05, 4.69) is 15.1 Å². The van der Waals surface area contributed by atoms with Crippen LogP contribution >= 0.6 is 11.8 Å². The molecule has 0 saturated heterocycles. The SMILES string of the molecule is CSc1nccc(C(=NO)C(=O)c2ccc(F)c(OCc3ccccc3)c2)n1. The zero-order valence-electron chi connectivity index (χ0n) is 14.9. The summed E-state index contributed by atoms with van der Waals surface area (Å²) in [7, 11) is 0. The first-order valence-corrected chi connectivity index (χ1v) is 9.45. The third-order valence-corrected chi connectivity index (χ3v) is 4.37. The summed E-state index contributed by atoms with van der Waals surface area (Å²) in [5.41, 5.74) is 0.879. The van der Waals surface area contributed by atoms with Crippen molar-refractivity contribution in [2.75, 3.05) is 6.26 Å². The van der Waals surface area contributed by atoms with Crippen molar-refractivity contribution >= 4 is 23.3 Å². The third kappa shape index (κ3) is 4.52. The van der Waals surface area contributed by atoms with Gasteiger partial charge in [-0.15, -0.1) is 0 Å². The summed E-state index contributed by atoms with van der Waals surface area (Å²) in [6.07, 6.45) is 3.25. The summed E-state index contributed by atoms with van der Waals surface area (Å²) >= 11 is 1.29. The van der Waals surface area contributed by atoms with Gasteiger partial charge in [-0.1, -0.05) is 47.2 Å². The van der Waals surface area contributed by atoms with Crippen molar-refractivity contribution in [3.8, 4) is 5.75 Å². The Hall–Kier alpha value is -3.26. The molecule has 0 radical (unpaired) electrons. The topological polar surface area (TPSA) is 84.7 Å². The Kier molecular flexibility index (Phi) is 6.33. The molecule has 1 heterocycles. The van der Waals surface area contributed by atoms with Crippen molar-refractivity contribution in [1.82, 2.24) is 9.97 Å². The summed E-state index contributed by atoms with van der Waals surface area (Å²) in [6, 6.07) is 14.4. The summed E-state index contributed by atoms with van der Waals surface area (Å²) in [6.45, 7) is 0.152. The standard InChI is InChI=1S/C20H16FN3O3S/c1-28-20-22-10-9-16(23-20)18(24-26)19(25)14-7-8-15(21)17(11-14)27-12-13-5-3-2-4-6-13/h2-11,26H,12H2,1H3. The maximum absolute atomic E-state index is 14.1. The van der Waals surface area contributed by atoms with Crippen LogP contribution in [-0.4, -0.2) is 32.9 Å². The van der Waals surface area contributed by atoms with Crippen LogP contribution in [0.4, 0.5) is 4.39 Å². The molecule has 3 aromatic rings. The van der Waals surface area contributed by atoms with Crippen molar-refractivity contribution in [3.63, 3.8) is 0 Å². The highest BCUT2D eigenvalue weighted by Crippen LogP contribution is 2.21. The van der Waals surface area contributed by atoms with Crippen LogP contribution in [0.25, 0.3) is 0 Å². The van der Waals surface area contributed by atoms with E-state index in [4.69, 9.17) is 4.74 Å². The van der Waals surface area contributed by atoms with Gasteiger partial charge in [-0.05, 0) is 36.1 Å². The number of hydrogen-bond donors (Lipinski definition) is 1. The molecule has 0 unspecified atom stereocenters. The normalized spacial score (nSPS) is 11.3. The summed E-state index contributed by atoms with van der Waals surface area (Å²) in [5, 5.41) is 12.9. The van der Waals surface area contributed by atoms with Crippen molar-refractivity contribution in [2.24, 2.45) is 5.16 Å². The first-order valence-electron chi connectivity index (χ1n) is 8.23. The Morgan fingerprint density at radius 1 is 1.21 bits per heavy atom. The number of hydrogen-bond acceptors (Lipinski definition) is 7. The number of ether oxygens (including phenoxy) is 1. The van der Waals surface area contributed by atoms with Crippen LogP contribution in [0.5, 0.6) is 5.75 Å². The predicted octanol–water partition coefficient (Wildman–Crippen LogP) is 3.98. The van der Waals surface area contributed by atoms with Crippen LogP contribution in [0.1, 0.15) is 21.6 Å². The molecule has 0 atom stereocenters. The van der Waals surface area contributed by atoms with E-state index in [1.807, 2.05) is 30.3 Å². The lowest BCUT2D eigenvalue weighted by Gasteiger charge is -2.10. The molecule has 1 N–H and O–H groups in total. The second-order valence-corrected chi connectivity index (χ2v) is 6.40. The average Bonchev–Trinajstić information content (AvgIpc) is 2.74. The molecule has 0 bridgehead atoms. The molecule has 8 heteroatoms. The Labute approximate surface area is 165 Å². The van der Waals surface area contributed by atoms with Crippen molar-refractivity contribution < 1.29 is 19.1 Å². The molecular formula is C20H16FN3O3S. The van der Waals surface area contributed by atoms with Crippen LogP contribution in [0, 0.1) is 5.82 Å². The molecule has 0 aliphatic rings. The lowest BCUT2D eigenvalue weighted by atomic mass is 10.0. The molecule has 2 aromatic carbocycles. The first-order chi connectivity index (χ1) is 13.6. The smallest absolute Gasteiger partial charge is 0.217 e. The zero-order chi connectivity index (χ0) is 19.9. The van der Waals surface area contributed by atoms with E-state index in [-0.39, 0.29) is 29.3 Å². The molecule has 0 aliphatic heterocycles. The van der Waals surface area contributed by atoms with Gasteiger partial charge in [0.1, 0.15) is 12.3 Å². The molecule has 0 aliphatic carbocycles. The highest BCUT2D eigenvalue weighted by atomic mass is 32.2. The molecule has 3 rings (SSSR count). The van der Waals surface area contributed by atoms with Gasteiger partial charge in [-0.25, -0.2) is 14.4 Å².